The van der Waals surface area contributed by atoms with Crippen molar-refractivity contribution in [3.8, 4) is 0 Å². The summed E-state index contributed by atoms with van der Waals surface area (Å²) in [5, 5.41) is 20.6. The van der Waals surface area contributed by atoms with Crippen molar-refractivity contribution in [1.29, 1.82) is 0 Å². The van der Waals surface area contributed by atoms with Gasteiger partial charge >= 0.3 is 5.97 Å². The molecular formula is C15H19N3O2S. The molecule has 2 aromatic rings. The van der Waals surface area contributed by atoms with Gasteiger partial charge in [0.2, 0.25) is 0 Å². The first-order chi connectivity index (χ1) is 9.88. The Balaban J connectivity index is 2.19. The standard InChI is InChI=1S/C15H19N3O2S/c1-8(7-12-6-5-9(2)21-12)16-14-13(15(19)20)10(3)11(4)17-18-14/h5-6,8H,7H2,1-4H3,(H,16,18)(H,19,20). The van der Waals surface area contributed by atoms with Gasteiger partial charge in [0.05, 0.1) is 5.69 Å². The highest BCUT2D eigenvalue weighted by Gasteiger charge is 2.19. The number of carboxylic acids is 1. The topological polar surface area (TPSA) is 75.1 Å². The zero-order chi connectivity index (χ0) is 15.6. The van der Waals surface area contributed by atoms with Crippen LogP contribution < -0.4 is 5.32 Å². The average Bonchev–Trinajstić information content (AvgIpc) is 2.79. The number of nitrogens with one attached hydrogen (secondary N) is 1. The molecule has 6 heteroatoms. The highest BCUT2D eigenvalue weighted by atomic mass is 32.1. The molecule has 0 aliphatic heterocycles. The second-order valence-electron chi connectivity index (χ2n) is 5.20. The van der Waals surface area contributed by atoms with Gasteiger partial charge in [-0.2, -0.15) is 5.10 Å². The Morgan fingerprint density at radius 2 is 2.05 bits per heavy atom. The molecule has 0 radical (unpaired) electrons. The maximum atomic E-state index is 11.4. The number of hydrogen-bond acceptors (Lipinski definition) is 5. The number of thiophene rings is 1. The fraction of sp³-hybridized carbons (Fsp3) is 0.400. The maximum Gasteiger partial charge on any atom is 0.339 e. The monoisotopic (exact) mass is 305 g/mol. The highest BCUT2D eigenvalue weighted by Crippen LogP contribution is 2.21. The summed E-state index contributed by atoms with van der Waals surface area (Å²) in [7, 11) is 0. The van der Waals surface area contributed by atoms with E-state index in [4.69, 9.17) is 0 Å². The number of aryl methyl sites for hydroxylation is 2. The van der Waals surface area contributed by atoms with Crippen molar-refractivity contribution in [2.75, 3.05) is 5.32 Å². The van der Waals surface area contributed by atoms with Gasteiger partial charge in [-0.05, 0) is 45.4 Å². The van der Waals surface area contributed by atoms with E-state index in [2.05, 4.69) is 34.6 Å². The molecule has 2 rings (SSSR count). The molecule has 2 heterocycles. The van der Waals surface area contributed by atoms with E-state index in [0.29, 0.717) is 17.1 Å². The van der Waals surface area contributed by atoms with Crippen molar-refractivity contribution < 1.29 is 9.90 Å². The quantitative estimate of drug-likeness (QED) is 0.887. The number of aromatic carboxylic acids is 1. The Morgan fingerprint density at radius 3 is 2.62 bits per heavy atom. The Hall–Kier alpha value is -1.95. The first kappa shape index (κ1) is 15.4. The largest absolute Gasteiger partial charge is 0.478 e. The van der Waals surface area contributed by atoms with E-state index in [-0.39, 0.29) is 11.6 Å². The number of carbonyl (C=O) groups is 1. The summed E-state index contributed by atoms with van der Waals surface area (Å²) >= 11 is 1.75. The van der Waals surface area contributed by atoms with Crippen LogP contribution >= 0.6 is 11.3 Å². The van der Waals surface area contributed by atoms with Gasteiger partial charge in [-0.15, -0.1) is 16.4 Å². The number of hydrogen-bond donors (Lipinski definition) is 2. The van der Waals surface area contributed by atoms with Crippen molar-refractivity contribution in [2.24, 2.45) is 0 Å². The minimum Gasteiger partial charge on any atom is -0.478 e. The molecule has 0 aliphatic carbocycles. The van der Waals surface area contributed by atoms with Gasteiger partial charge in [-0.25, -0.2) is 4.79 Å². The first-order valence-electron chi connectivity index (χ1n) is 6.77. The third-order valence-electron chi connectivity index (χ3n) is 3.35. The van der Waals surface area contributed by atoms with Gasteiger partial charge in [0.1, 0.15) is 5.56 Å². The third kappa shape index (κ3) is 3.58. The first-order valence-corrected chi connectivity index (χ1v) is 7.59. The van der Waals surface area contributed by atoms with Crippen LogP contribution in [-0.2, 0) is 6.42 Å². The second kappa shape index (κ2) is 6.22. The molecule has 0 fully saturated rings. The van der Waals surface area contributed by atoms with Crippen LogP contribution in [0.2, 0.25) is 0 Å². The Kier molecular flexibility index (Phi) is 4.57. The predicted octanol–water partition coefficient (Wildman–Crippen LogP) is 3.20. The number of anilines is 1. The molecule has 1 unspecified atom stereocenters. The summed E-state index contributed by atoms with van der Waals surface area (Å²) in [6, 6.07) is 4.27. The summed E-state index contributed by atoms with van der Waals surface area (Å²) in [5.41, 5.74) is 1.50. The molecule has 0 saturated carbocycles. The lowest BCUT2D eigenvalue weighted by Gasteiger charge is -2.16. The normalized spacial score (nSPS) is 12.2. The van der Waals surface area contributed by atoms with E-state index < -0.39 is 5.97 Å². The summed E-state index contributed by atoms with van der Waals surface area (Å²) in [6.07, 6.45) is 0.826. The predicted molar refractivity (Wildman–Crippen MR) is 84.3 cm³/mol. The molecule has 0 bridgehead atoms. The molecule has 0 aliphatic rings. The lowest BCUT2D eigenvalue weighted by molar-refractivity contribution is 0.0696. The average molecular weight is 305 g/mol. The van der Waals surface area contributed by atoms with E-state index in [1.54, 1.807) is 25.2 Å². The van der Waals surface area contributed by atoms with Crippen molar-refractivity contribution in [2.45, 2.75) is 40.2 Å². The second-order valence-corrected chi connectivity index (χ2v) is 6.57. The Morgan fingerprint density at radius 1 is 1.33 bits per heavy atom. The van der Waals surface area contributed by atoms with Crippen LogP contribution in [0.5, 0.6) is 0 Å². The van der Waals surface area contributed by atoms with Crippen molar-refractivity contribution in [3.05, 3.63) is 38.7 Å². The summed E-state index contributed by atoms with van der Waals surface area (Å²) in [4.78, 5) is 14.0. The number of aromatic nitrogens is 2. The van der Waals surface area contributed by atoms with Crippen LogP contribution in [0.1, 0.15) is 38.3 Å². The van der Waals surface area contributed by atoms with Gasteiger partial charge in [-0.3, -0.25) is 0 Å². The summed E-state index contributed by atoms with van der Waals surface area (Å²) in [6.45, 7) is 7.60. The van der Waals surface area contributed by atoms with Crippen molar-refractivity contribution >= 4 is 23.1 Å². The lowest BCUT2D eigenvalue weighted by atomic mass is 10.1. The van der Waals surface area contributed by atoms with E-state index in [1.807, 2.05) is 6.92 Å². The SMILES string of the molecule is Cc1ccc(CC(C)Nc2nnc(C)c(C)c2C(=O)O)s1. The van der Waals surface area contributed by atoms with E-state index >= 15 is 0 Å². The van der Waals surface area contributed by atoms with Gasteiger partial charge < -0.3 is 10.4 Å². The fourth-order valence-corrected chi connectivity index (χ4v) is 3.17. The number of carboxylic acid groups (broad SMARTS) is 1. The lowest BCUT2D eigenvalue weighted by Crippen LogP contribution is -2.22. The molecule has 0 spiro atoms. The zero-order valence-corrected chi connectivity index (χ0v) is 13.4. The molecule has 2 N–H and O–H groups in total. The molecule has 1 atom stereocenters. The number of nitrogens with zero attached hydrogens (tertiary/aromatic N) is 2. The van der Waals surface area contributed by atoms with Crippen LogP contribution in [-0.4, -0.2) is 27.3 Å². The molecule has 5 nitrogen and oxygen atoms in total. The Bertz CT molecular complexity index is 667. The zero-order valence-electron chi connectivity index (χ0n) is 12.6. The fourth-order valence-electron chi connectivity index (χ4n) is 2.15. The molecular weight excluding hydrogens is 286 g/mol. The van der Waals surface area contributed by atoms with Gasteiger partial charge in [-0.1, -0.05) is 0 Å². The highest BCUT2D eigenvalue weighted by molar-refractivity contribution is 7.11. The molecule has 0 amide bonds. The molecule has 21 heavy (non-hydrogen) atoms. The van der Waals surface area contributed by atoms with E-state index in [9.17, 15) is 9.90 Å². The van der Waals surface area contributed by atoms with Crippen molar-refractivity contribution in [1.82, 2.24) is 10.2 Å². The van der Waals surface area contributed by atoms with E-state index in [1.165, 1.54) is 9.75 Å². The van der Waals surface area contributed by atoms with Crippen LogP contribution in [0.3, 0.4) is 0 Å². The van der Waals surface area contributed by atoms with Crippen molar-refractivity contribution in [3.63, 3.8) is 0 Å². The maximum absolute atomic E-state index is 11.4. The minimum atomic E-state index is -0.979. The third-order valence-corrected chi connectivity index (χ3v) is 4.38. The smallest absolute Gasteiger partial charge is 0.339 e. The molecule has 0 aromatic carbocycles. The molecule has 2 aromatic heterocycles. The summed E-state index contributed by atoms with van der Waals surface area (Å²) in [5.74, 6) is -0.640. The van der Waals surface area contributed by atoms with E-state index in [0.717, 1.165) is 6.42 Å². The Labute approximate surface area is 128 Å². The van der Waals surface area contributed by atoms with Crippen LogP contribution in [0, 0.1) is 20.8 Å². The van der Waals surface area contributed by atoms with Crippen LogP contribution in [0.4, 0.5) is 5.82 Å². The number of rotatable bonds is 5. The van der Waals surface area contributed by atoms with Crippen LogP contribution in [0.15, 0.2) is 12.1 Å². The summed E-state index contributed by atoms with van der Waals surface area (Å²) < 4.78 is 0. The van der Waals surface area contributed by atoms with Gasteiger partial charge in [0.15, 0.2) is 5.82 Å². The van der Waals surface area contributed by atoms with Gasteiger partial charge in [0.25, 0.3) is 0 Å². The molecule has 112 valence electrons. The van der Waals surface area contributed by atoms with Gasteiger partial charge in [0, 0.05) is 22.2 Å². The minimum absolute atomic E-state index is 0.0811. The molecule has 0 saturated heterocycles. The van der Waals surface area contributed by atoms with Crippen LogP contribution in [0.25, 0.3) is 0 Å².